The Kier molecular flexibility index (Phi) is 3.78. The highest BCUT2D eigenvalue weighted by atomic mass is 16.6. The number of aliphatic hydroxyl groups is 1. The van der Waals surface area contributed by atoms with Gasteiger partial charge in [-0.2, -0.15) is 0 Å². The Morgan fingerprint density at radius 3 is 2.35 bits per heavy atom. The smallest absolute Gasteiger partial charge is 0.194 e. The second-order valence-electron chi connectivity index (χ2n) is 3.99. The highest BCUT2D eigenvalue weighted by Crippen LogP contribution is 2.22. The SMILES string of the molecule is CC(O)Oc1ccccc1Cc1ccccc1. The summed E-state index contributed by atoms with van der Waals surface area (Å²) in [7, 11) is 0. The van der Waals surface area contributed by atoms with E-state index in [1.165, 1.54) is 5.56 Å². The van der Waals surface area contributed by atoms with Crippen molar-refractivity contribution >= 4 is 0 Å². The molecule has 0 amide bonds. The van der Waals surface area contributed by atoms with E-state index in [1.54, 1.807) is 6.92 Å². The van der Waals surface area contributed by atoms with Crippen molar-refractivity contribution in [1.82, 2.24) is 0 Å². The minimum atomic E-state index is -0.785. The standard InChI is InChI=1S/C15H16O2/c1-12(16)17-15-10-6-5-9-14(15)11-13-7-3-2-4-8-13/h2-10,12,16H,11H2,1H3. The van der Waals surface area contributed by atoms with Gasteiger partial charge in [0, 0.05) is 6.42 Å². The molecular formula is C15H16O2. The first kappa shape index (κ1) is 11.7. The van der Waals surface area contributed by atoms with Gasteiger partial charge in [-0.25, -0.2) is 0 Å². The van der Waals surface area contributed by atoms with Gasteiger partial charge in [0.05, 0.1) is 0 Å². The molecule has 2 nitrogen and oxygen atoms in total. The Balaban J connectivity index is 2.20. The van der Waals surface area contributed by atoms with Crippen molar-refractivity contribution in [1.29, 1.82) is 0 Å². The van der Waals surface area contributed by atoms with Crippen LogP contribution < -0.4 is 4.74 Å². The molecule has 1 N–H and O–H groups in total. The van der Waals surface area contributed by atoms with E-state index in [9.17, 15) is 5.11 Å². The Morgan fingerprint density at radius 1 is 1.00 bits per heavy atom. The number of benzene rings is 2. The van der Waals surface area contributed by atoms with Crippen molar-refractivity contribution in [2.75, 3.05) is 0 Å². The van der Waals surface area contributed by atoms with Crippen LogP contribution in [0, 0.1) is 0 Å². The number of ether oxygens (including phenoxy) is 1. The summed E-state index contributed by atoms with van der Waals surface area (Å²) in [6.45, 7) is 1.61. The van der Waals surface area contributed by atoms with Crippen LogP contribution in [0.5, 0.6) is 5.75 Å². The Hall–Kier alpha value is -1.80. The van der Waals surface area contributed by atoms with Crippen LogP contribution in [-0.4, -0.2) is 11.4 Å². The molecule has 1 atom stereocenters. The lowest BCUT2D eigenvalue weighted by Crippen LogP contribution is -2.11. The number of para-hydroxylation sites is 1. The highest BCUT2D eigenvalue weighted by Gasteiger charge is 2.05. The maximum absolute atomic E-state index is 9.27. The summed E-state index contributed by atoms with van der Waals surface area (Å²) < 4.78 is 5.37. The summed E-state index contributed by atoms with van der Waals surface area (Å²) in [5.41, 5.74) is 2.31. The third kappa shape index (κ3) is 3.33. The lowest BCUT2D eigenvalue weighted by atomic mass is 10.0. The zero-order chi connectivity index (χ0) is 12.1. The lowest BCUT2D eigenvalue weighted by molar-refractivity contribution is -0.000921. The molecule has 2 aromatic rings. The Morgan fingerprint density at radius 2 is 1.65 bits per heavy atom. The lowest BCUT2D eigenvalue weighted by Gasteiger charge is -2.13. The Bertz CT molecular complexity index is 463. The second-order valence-corrected chi connectivity index (χ2v) is 3.99. The maximum Gasteiger partial charge on any atom is 0.194 e. The molecule has 0 aliphatic heterocycles. The molecule has 88 valence electrons. The minimum absolute atomic E-state index is 0.742. The quantitative estimate of drug-likeness (QED) is 0.815. The van der Waals surface area contributed by atoms with E-state index in [4.69, 9.17) is 4.74 Å². The number of aliphatic hydroxyl groups excluding tert-OH is 1. The van der Waals surface area contributed by atoms with Gasteiger partial charge < -0.3 is 9.84 Å². The molecule has 0 aliphatic carbocycles. The van der Waals surface area contributed by atoms with E-state index in [-0.39, 0.29) is 0 Å². The molecule has 0 fully saturated rings. The van der Waals surface area contributed by atoms with Gasteiger partial charge in [-0.05, 0) is 24.1 Å². The molecule has 0 radical (unpaired) electrons. The van der Waals surface area contributed by atoms with Crippen LogP contribution in [0.3, 0.4) is 0 Å². The molecular weight excluding hydrogens is 212 g/mol. The van der Waals surface area contributed by atoms with Gasteiger partial charge in [0.25, 0.3) is 0 Å². The molecule has 2 aromatic carbocycles. The van der Waals surface area contributed by atoms with Gasteiger partial charge in [0.1, 0.15) is 5.75 Å². The van der Waals surface area contributed by atoms with E-state index >= 15 is 0 Å². The summed E-state index contributed by atoms with van der Waals surface area (Å²) in [5.74, 6) is 0.742. The van der Waals surface area contributed by atoms with Gasteiger partial charge in [-0.1, -0.05) is 48.5 Å². The van der Waals surface area contributed by atoms with Crippen LogP contribution >= 0.6 is 0 Å². The third-order valence-corrected chi connectivity index (χ3v) is 2.51. The molecule has 2 rings (SSSR count). The first-order chi connectivity index (χ1) is 8.25. The first-order valence-electron chi connectivity index (χ1n) is 5.72. The molecule has 17 heavy (non-hydrogen) atoms. The van der Waals surface area contributed by atoms with E-state index in [0.29, 0.717) is 0 Å². The third-order valence-electron chi connectivity index (χ3n) is 2.51. The number of rotatable bonds is 4. The van der Waals surface area contributed by atoms with E-state index < -0.39 is 6.29 Å². The first-order valence-corrected chi connectivity index (χ1v) is 5.72. The summed E-state index contributed by atoms with van der Waals surface area (Å²) in [6.07, 6.45) is 0.0240. The van der Waals surface area contributed by atoms with E-state index in [0.717, 1.165) is 17.7 Å². The fourth-order valence-corrected chi connectivity index (χ4v) is 1.76. The van der Waals surface area contributed by atoms with E-state index in [2.05, 4.69) is 12.1 Å². The average Bonchev–Trinajstić information content (AvgIpc) is 2.32. The van der Waals surface area contributed by atoms with Crippen LogP contribution in [0.1, 0.15) is 18.1 Å². The van der Waals surface area contributed by atoms with Crippen LogP contribution in [0.15, 0.2) is 54.6 Å². The molecule has 2 heteroatoms. The van der Waals surface area contributed by atoms with Gasteiger partial charge in [-0.3, -0.25) is 0 Å². The van der Waals surface area contributed by atoms with Crippen molar-refractivity contribution < 1.29 is 9.84 Å². The van der Waals surface area contributed by atoms with Crippen molar-refractivity contribution in [3.05, 3.63) is 65.7 Å². The molecule has 0 heterocycles. The van der Waals surface area contributed by atoms with Crippen molar-refractivity contribution in [3.63, 3.8) is 0 Å². The monoisotopic (exact) mass is 228 g/mol. The molecule has 0 aromatic heterocycles. The fraction of sp³-hybridized carbons (Fsp3) is 0.200. The van der Waals surface area contributed by atoms with Gasteiger partial charge in [-0.15, -0.1) is 0 Å². The maximum atomic E-state index is 9.27. The van der Waals surface area contributed by atoms with Gasteiger partial charge in [0.2, 0.25) is 0 Å². The fourth-order valence-electron chi connectivity index (χ4n) is 1.76. The second kappa shape index (κ2) is 5.51. The summed E-state index contributed by atoms with van der Waals surface area (Å²) in [5, 5.41) is 9.27. The van der Waals surface area contributed by atoms with Crippen LogP contribution in [-0.2, 0) is 6.42 Å². The zero-order valence-electron chi connectivity index (χ0n) is 9.84. The molecule has 0 saturated heterocycles. The molecule has 0 bridgehead atoms. The Labute approximate surface area is 101 Å². The highest BCUT2D eigenvalue weighted by molar-refractivity contribution is 5.37. The predicted octanol–water partition coefficient (Wildman–Crippen LogP) is 2.99. The molecule has 0 saturated carbocycles. The van der Waals surface area contributed by atoms with Crippen molar-refractivity contribution in [2.45, 2.75) is 19.6 Å². The summed E-state index contributed by atoms with van der Waals surface area (Å²) in [4.78, 5) is 0. The van der Waals surface area contributed by atoms with Crippen LogP contribution in [0.2, 0.25) is 0 Å². The van der Waals surface area contributed by atoms with Crippen LogP contribution in [0.25, 0.3) is 0 Å². The normalized spacial score (nSPS) is 12.1. The zero-order valence-corrected chi connectivity index (χ0v) is 9.84. The van der Waals surface area contributed by atoms with Crippen molar-refractivity contribution in [2.24, 2.45) is 0 Å². The number of hydrogen-bond acceptors (Lipinski definition) is 2. The largest absolute Gasteiger partial charge is 0.465 e. The topological polar surface area (TPSA) is 29.5 Å². The average molecular weight is 228 g/mol. The molecule has 1 unspecified atom stereocenters. The van der Waals surface area contributed by atoms with Crippen molar-refractivity contribution in [3.8, 4) is 5.75 Å². The molecule has 0 aliphatic rings. The van der Waals surface area contributed by atoms with Crippen LogP contribution in [0.4, 0.5) is 0 Å². The van der Waals surface area contributed by atoms with E-state index in [1.807, 2.05) is 42.5 Å². The number of hydrogen-bond donors (Lipinski definition) is 1. The molecule has 0 spiro atoms. The summed E-state index contributed by atoms with van der Waals surface area (Å²) in [6, 6.07) is 18.0. The summed E-state index contributed by atoms with van der Waals surface area (Å²) >= 11 is 0. The minimum Gasteiger partial charge on any atom is -0.465 e. The predicted molar refractivity (Wildman–Crippen MR) is 68.0 cm³/mol. The van der Waals surface area contributed by atoms with Gasteiger partial charge >= 0.3 is 0 Å². The van der Waals surface area contributed by atoms with Gasteiger partial charge in [0.15, 0.2) is 6.29 Å².